The van der Waals surface area contributed by atoms with Gasteiger partial charge in [0.1, 0.15) is 0 Å². The molecule has 0 aliphatic carbocycles. The molecule has 0 spiro atoms. The van der Waals surface area contributed by atoms with E-state index in [2.05, 4.69) is 26.1 Å². The van der Waals surface area contributed by atoms with Crippen molar-refractivity contribution in [2.24, 2.45) is 5.92 Å². The van der Waals surface area contributed by atoms with Gasteiger partial charge in [-0.2, -0.15) is 0 Å². The van der Waals surface area contributed by atoms with Gasteiger partial charge in [-0.15, -0.1) is 0 Å². The molecule has 0 aliphatic heterocycles. The van der Waals surface area contributed by atoms with Crippen LogP contribution in [0.5, 0.6) is 0 Å². The minimum absolute atomic E-state index is 0.264. The molecule has 0 aliphatic rings. The molecule has 0 heterocycles. The number of esters is 1. The second-order valence-corrected chi connectivity index (χ2v) is 4.70. The maximum absolute atomic E-state index is 11.5. The lowest BCUT2D eigenvalue weighted by molar-refractivity contribution is 0.0526. The molecule has 0 saturated heterocycles. The Labute approximate surface area is 110 Å². The molecule has 100 valence electrons. The second-order valence-electron chi connectivity index (χ2n) is 4.70. The summed E-state index contributed by atoms with van der Waals surface area (Å²) in [6.07, 6.45) is 1.08. The zero-order valence-electron chi connectivity index (χ0n) is 11.7. The molecule has 1 unspecified atom stereocenters. The van der Waals surface area contributed by atoms with Gasteiger partial charge in [0.25, 0.3) is 0 Å². The summed E-state index contributed by atoms with van der Waals surface area (Å²) < 4.78 is 4.95. The number of ether oxygens (including phenoxy) is 1. The Balaban J connectivity index is 2.68. The summed E-state index contributed by atoms with van der Waals surface area (Å²) >= 11 is 0. The number of hydrogen-bond donors (Lipinski definition) is 1. The summed E-state index contributed by atoms with van der Waals surface area (Å²) in [5.41, 5.74) is 1.64. The number of anilines is 1. The fourth-order valence-corrected chi connectivity index (χ4v) is 1.87. The highest BCUT2D eigenvalue weighted by Crippen LogP contribution is 2.16. The van der Waals surface area contributed by atoms with Crippen LogP contribution >= 0.6 is 0 Å². The fraction of sp³-hybridized carbons (Fsp3) is 0.533. The number of rotatable bonds is 6. The lowest BCUT2D eigenvalue weighted by atomic mass is 10.0. The average Bonchev–Trinajstić information content (AvgIpc) is 2.36. The molecular weight excluding hydrogens is 226 g/mol. The van der Waals surface area contributed by atoms with E-state index in [0.717, 1.165) is 12.1 Å². The Kier molecular flexibility index (Phi) is 5.69. The Morgan fingerprint density at radius 3 is 2.28 bits per heavy atom. The first kappa shape index (κ1) is 14.6. The van der Waals surface area contributed by atoms with Crippen molar-refractivity contribution >= 4 is 11.7 Å². The first-order valence-corrected chi connectivity index (χ1v) is 6.62. The van der Waals surface area contributed by atoms with Crippen LogP contribution in [0.1, 0.15) is 44.5 Å². The molecule has 0 aromatic heterocycles. The minimum Gasteiger partial charge on any atom is -0.462 e. The lowest BCUT2D eigenvalue weighted by Crippen LogP contribution is -2.24. The number of hydrogen-bond acceptors (Lipinski definition) is 3. The van der Waals surface area contributed by atoms with Crippen LogP contribution in [0.15, 0.2) is 24.3 Å². The van der Waals surface area contributed by atoms with Gasteiger partial charge in [-0.25, -0.2) is 4.79 Å². The second kappa shape index (κ2) is 7.04. The monoisotopic (exact) mass is 249 g/mol. The summed E-state index contributed by atoms with van der Waals surface area (Å²) in [6.45, 7) is 8.79. The number of carbonyl (C=O) groups is 1. The molecule has 0 fully saturated rings. The highest BCUT2D eigenvalue weighted by atomic mass is 16.5. The van der Waals surface area contributed by atoms with E-state index in [1.54, 1.807) is 12.1 Å². The number of benzene rings is 1. The lowest BCUT2D eigenvalue weighted by Gasteiger charge is -2.22. The van der Waals surface area contributed by atoms with E-state index in [9.17, 15) is 4.79 Å². The fourth-order valence-electron chi connectivity index (χ4n) is 1.87. The molecule has 1 aromatic rings. The predicted octanol–water partition coefficient (Wildman–Crippen LogP) is 3.71. The normalized spacial score (nSPS) is 12.3. The van der Waals surface area contributed by atoms with E-state index >= 15 is 0 Å². The van der Waals surface area contributed by atoms with Crippen molar-refractivity contribution in [3.63, 3.8) is 0 Å². The number of nitrogens with one attached hydrogen (secondary N) is 1. The van der Waals surface area contributed by atoms with Gasteiger partial charge in [-0.05, 0) is 43.5 Å². The van der Waals surface area contributed by atoms with Crippen LogP contribution < -0.4 is 5.32 Å². The predicted molar refractivity (Wildman–Crippen MR) is 74.9 cm³/mol. The Morgan fingerprint density at radius 1 is 1.22 bits per heavy atom. The summed E-state index contributed by atoms with van der Waals surface area (Å²) in [6, 6.07) is 7.91. The molecule has 0 bridgehead atoms. The summed E-state index contributed by atoms with van der Waals surface area (Å²) in [5, 5.41) is 3.47. The third kappa shape index (κ3) is 4.06. The van der Waals surface area contributed by atoms with Crippen molar-refractivity contribution in [3.05, 3.63) is 29.8 Å². The Hall–Kier alpha value is -1.51. The zero-order chi connectivity index (χ0) is 13.5. The zero-order valence-corrected chi connectivity index (χ0v) is 11.7. The quantitative estimate of drug-likeness (QED) is 0.781. The molecule has 0 radical (unpaired) electrons. The van der Waals surface area contributed by atoms with Gasteiger partial charge in [0.05, 0.1) is 12.2 Å². The van der Waals surface area contributed by atoms with E-state index < -0.39 is 0 Å². The maximum Gasteiger partial charge on any atom is 0.338 e. The maximum atomic E-state index is 11.5. The molecular formula is C15H23NO2. The third-order valence-corrected chi connectivity index (χ3v) is 2.99. The SMILES string of the molecule is CCOC(=O)c1ccc(NC(CC)C(C)C)cc1. The molecule has 18 heavy (non-hydrogen) atoms. The first-order chi connectivity index (χ1) is 8.58. The van der Waals surface area contributed by atoms with Gasteiger partial charge >= 0.3 is 5.97 Å². The van der Waals surface area contributed by atoms with Crippen molar-refractivity contribution in [1.82, 2.24) is 0 Å². The molecule has 1 N–H and O–H groups in total. The Morgan fingerprint density at radius 2 is 1.83 bits per heavy atom. The summed E-state index contributed by atoms with van der Waals surface area (Å²) in [5.74, 6) is 0.319. The van der Waals surface area contributed by atoms with Crippen LogP contribution in [0.4, 0.5) is 5.69 Å². The molecule has 3 nitrogen and oxygen atoms in total. The van der Waals surface area contributed by atoms with Crippen LogP contribution in [-0.4, -0.2) is 18.6 Å². The minimum atomic E-state index is -0.264. The molecule has 1 aromatic carbocycles. The smallest absolute Gasteiger partial charge is 0.338 e. The van der Waals surface area contributed by atoms with Gasteiger partial charge < -0.3 is 10.1 Å². The van der Waals surface area contributed by atoms with E-state index in [1.807, 2.05) is 19.1 Å². The van der Waals surface area contributed by atoms with Crippen LogP contribution in [-0.2, 0) is 4.74 Å². The van der Waals surface area contributed by atoms with Crippen LogP contribution in [0.3, 0.4) is 0 Å². The van der Waals surface area contributed by atoms with Crippen LogP contribution in [0.2, 0.25) is 0 Å². The summed E-state index contributed by atoms with van der Waals surface area (Å²) in [7, 11) is 0. The van der Waals surface area contributed by atoms with Gasteiger partial charge in [0.2, 0.25) is 0 Å². The Bertz CT molecular complexity index is 371. The van der Waals surface area contributed by atoms with Crippen LogP contribution in [0.25, 0.3) is 0 Å². The van der Waals surface area contributed by atoms with Crippen molar-refractivity contribution in [3.8, 4) is 0 Å². The molecule has 0 saturated carbocycles. The van der Waals surface area contributed by atoms with E-state index in [4.69, 9.17) is 4.74 Å². The largest absolute Gasteiger partial charge is 0.462 e. The van der Waals surface area contributed by atoms with Crippen molar-refractivity contribution in [2.75, 3.05) is 11.9 Å². The van der Waals surface area contributed by atoms with Gasteiger partial charge in [-0.1, -0.05) is 20.8 Å². The number of carbonyl (C=O) groups excluding carboxylic acids is 1. The van der Waals surface area contributed by atoms with E-state index in [1.165, 1.54) is 0 Å². The van der Waals surface area contributed by atoms with Gasteiger partial charge in [0, 0.05) is 11.7 Å². The average molecular weight is 249 g/mol. The van der Waals surface area contributed by atoms with Crippen molar-refractivity contribution in [1.29, 1.82) is 0 Å². The highest BCUT2D eigenvalue weighted by molar-refractivity contribution is 5.89. The third-order valence-electron chi connectivity index (χ3n) is 2.99. The van der Waals surface area contributed by atoms with Gasteiger partial charge in [0.15, 0.2) is 0 Å². The molecule has 0 amide bonds. The van der Waals surface area contributed by atoms with Crippen molar-refractivity contribution in [2.45, 2.75) is 40.2 Å². The van der Waals surface area contributed by atoms with Gasteiger partial charge in [-0.3, -0.25) is 0 Å². The highest BCUT2D eigenvalue weighted by Gasteiger charge is 2.11. The molecule has 3 heteroatoms. The van der Waals surface area contributed by atoms with E-state index in [0.29, 0.717) is 24.1 Å². The van der Waals surface area contributed by atoms with Crippen LogP contribution in [0, 0.1) is 5.92 Å². The van der Waals surface area contributed by atoms with E-state index in [-0.39, 0.29) is 5.97 Å². The standard InChI is InChI=1S/C15H23NO2/c1-5-14(11(3)4)16-13-9-7-12(8-10-13)15(17)18-6-2/h7-11,14,16H,5-6H2,1-4H3. The topological polar surface area (TPSA) is 38.3 Å². The molecule has 1 atom stereocenters. The van der Waals surface area contributed by atoms with Crippen molar-refractivity contribution < 1.29 is 9.53 Å². The summed E-state index contributed by atoms with van der Waals surface area (Å²) in [4.78, 5) is 11.5. The first-order valence-electron chi connectivity index (χ1n) is 6.62. The molecule has 1 rings (SSSR count).